The quantitative estimate of drug-likeness (QED) is 0.0997. The largest absolute Gasteiger partial charge is 0.494 e. The van der Waals surface area contributed by atoms with E-state index in [-0.39, 0.29) is 18.3 Å². The Morgan fingerprint density at radius 2 is 0.506 bits per heavy atom. The van der Waals surface area contributed by atoms with Crippen LogP contribution >= 0.6 is 45.2 Å². The summed E-state index contributed by atoms with van der Waals surface area (Å²) in [4.78, 5) is 0. The number of benzene rings is 14. The molecular weight excluding hydrogens is 1160 g/mol. The Morgan fingerprint density at radius 3 is 0.818 bits per heavy atom. The van der Waals surface area contributed by atoms with E-state index < -0.39 is 0 Å². The molecule has 77 heavy (non-hydrogen) atoms. The van der Waals surface area contributed by atoms with Gasteiger partial charge >= 0.3 is 7.12 Å². The first kappa shape index (κ1) is 49.4. The zero-order chi connectivity index (χ0) is 52.4. The molecule has 1 heterocycles. The van der Waals surface area contributed by atoms with Crippen LogP contribution in [0.15, 0.2) is 249 Å². The van der Waals surface area contributed by atoms with Crippen molar-refractivity contribution >= 4 is 155 Å². The fourth-order valence-electron chi connectivity index (χ4n) is 11.6. The van der Waals surface area contributed by atoms with Crippen molar-refractivity contribution in [3.8, 4) is 22.3 Å². The maximum Gasteiger partial charge on any atom is 0.494 e. The van der Waals surface area contributed by atoms with Crippen molar-refractivity contribution in [1.29, 1.82) is 0 Å². The molecule has 0 N–H and O–H groups in total. The normalized spacial score (nSPS) is 13.9. The minimum atomic E-state index is -0.343. The maximum atomic E-state index is 6.28. The van der Waals surface area contributed by atoms with E-state index in [1.807, 2.05) is 0 Å². The predicted molar refractivity (Wildman–Crippen MR) is 349 cm³/mol. The highest BCUT2D eigenvalue weighted by Gasteiger charge is 2.51. The molecule has 0 radical (unpaired) electrons. The van der Waals surface area contributed by atoms with E-state index >= 15 is 0 Å². The molecule has 1 aliphatic heterocycles. The van der Waals surface area contributed by atoms with Crippen molar-refractivity contribution < 1.29 is 9.31 Å². The van der Waals surface area contributed by atoms with Gasteiger partial charge in [0.05, 0.1) is 11.2 Å². The molecule has 0 saturated carbocycles. The molecule has 5 heteroatoms. The lowest BCUT2D eigenvalue weighted by molar-refractivity contribution is 0.00578. The number of halogens is 2. The molecule has 1 fully saturated rings. The maximum absolute atomic E-state index is 6.28. The number of hydrogen-bond acceptors (Lipinski definition) is 2. The molecular formula is C72H53BI2O2. The van der Waals surface area contributed by atoms with E-state index in [2.05, 4.69) is 322 Å². The molecule has 0 aromatic heterocycles. The van der Waals surface area contributed by atoms with Gasteiger partial charge in [0, 0.05) is 7.14 Å². The molecule has 0 amide bonds. The minimum Gasteiger partial charge on any atom is -0.399 e. The molecule has 14 aromatic carbocycles. The third-order valence-electron chi connectivity index (χ3n) is 16.1. The summed E-state index contributed by atoms with van der Waals surface area (Å²) in [6.45, 7) is 8.38. The van der Waals surface area contributed by atoms with Crippen LogP contribution in [0.1, 0.15) is 27.7 Å². The molecule has 15 rings (SSSR count). The van der Waals surface area contributed by atoms with Crippen molar-refractivity contribution in [3.05, 3.63) is 256 Å². The lowest BCUT2D eigenvalue weighted by Crippen LogP contribution is -2.41. The van der Waals surface area contributed by atoms with Gasteiger partial charge in [-0.1, -0.05) is 212 Å². The molecule has 370 valence electrons. The monoisotopic (exact) mass is 1210 g/mol. The van der Waals surface area contributed by atoms with Gasteiger partial charge in [-0.25, -0.2) is 0 Å². The summed E-state index contributed by atoms with van der Waals surface area (Å²) in [5.74, 6) is 0. The average Bonchev–Trinajstić information content (AvgIpc) is 3.70. The molecule has 0 atom stereocenters. The highest BCUT2D eigenvalue weighted by Crippen LogP contribution is 2.42. The fourth-order valence-corrected chi connectivity index (χ4v) is 13.2. The molecule has 14 aromatic rings. The third kappa shape index (κ3) is 9.01. The van der Waals surface area contributed by atoms with E-state index in [1.165, 1.54) is 126 Å². The zero-order valence-corrected chi connectivity index (χ0v) is 47.6. The first-order valence-corrected chi connectivity index (χ1v) is 28.5. The summed E-state index contributed by atoms with van der Waals surface area (Å²) < 4.78 is 15.2. The second-order valence-electron chi connectivity index (χ2n) is 21.2. The van der Waals surface area contributed by atoms with Gasteiger partial charge in [-0.05, 0) is 234 Å². The summed E-state index contributed by atoms with van der Waals surface area (Å²) in [7, 11) is -0.343. The van der Waals surface area contributed by atoms with Crippen LogP contribution in [-0.2, 0) is 9.31 Å². The van der Waals surface area contributed by atoms with Gasteiger partial charge in [0.15, 0.2) is 0 Å². The van der Waals surface area contributed by atoms with Crippen molar-refractivity contribution in [2.24, 2.45) is 0 Å². The Balaban J connectivity index is 0.000000138. The Kier molecular flexibility index (Phi) is 12.9. The van der Waals surface area contributed by atoms with Crippen LogP contribution in [0.4, 0.5) is 0 Å². The summed E-state index contributed by atoms with van der Waals surface area (Å²) in [6.07, 6.45) is 0. The molecule has 0 spiro atoms. The van der Waals surface area contributed by atoms with Crippen LogP contribution < -0.4 is 5.46 Å². The molecule has 0 bridgehead atoms. The minimum absolute atomic E-state index is 0.335. The van der Waals surface area contributed by atoms with Gasteiger partial charge in [0.25, 0.3) is 0 Å². The summed E-state index contributed by atoms with van der Waals surface area (Å²) in [6, 6.07) is 90.3. The van der Waals surface area contributed by atoms with Gasteiger partial charge in [0.2, 0.25) is 0 Å². The lowest BCUT2D eigenvalue weighted by atomic mass is 9.77. The van der Waals surface area contributed by atoms with Crippen LogP contribution in [0.25, 0.3) is 119 Å². The zero-order valence-electron chi connectivity index (χ0n) is 43.3. The van der Waals surface area contributed by atoms with Crippen molar-refractivity contribution in [2.45, 2.75) is 38.9 Å². The fraction of sp³-hybridized carbons (Fsp3) is 0.0833. The third-order valence-corrected chi connectivity index (χ3v) is 17.4. The molecule has 1 saturated heterocycles. The lowest BCUT2D eigenvalue weighted by Gasteiger charge is -2.32. The number of hydrogen-bond donors (Lipinski definition) is 0. The van der Waals surface area contributed by atoms with Crippen LogP contribution in [0.2, 0.25) is 0 Å². The van der Waals surface area contributed by atoms with E-state index in [0.29, 0.717) is 0 Å². The topological polar surface area (TPSA) is 18.5 Å². The standard InChI is InChI=1S/C42H26.C24H23BO2.C6H4I2/c1-3-16-35-31(12-1)33-14-5-7-18-37(33)41-25-29(20-22-39(35)41)27-10-9-11-28(24-27)30-21-23-40-36-17-4-2-13-32(36)34-15-6-8-19-38(34)42(40)26-30;1-23(2)24(3,4)27-25(26-23)16-13-14-21-19-11-6-5-9-17(19)18-10-7-8-12-20(18)22(21)15-16;7-5-2-1-3-6(8)4-5/h1-26H;5-15H,1-4H3;1-4H. The molecule has 0 aliphatic carbocycles. The van der Waals surface area contributed by atoms with E-state index in [1.54, 1.807) is 0 Å². The van der Waals surface area contributed by atoms with E-state index in [9.17, 15) is 0 Å². The molecule has 2 nitrogen and oxygen atoms in total. The highest BCUT2D eigenvalue weighted by atomic mass is 127. The number of rotatable bonds is 3. The second-order valence-corrected chi connectivity index (χ2v) is 23.7. The Hall–Kier alpha value is -7.14. The van der Waals surface area contributed by atoms with Gasteiger partial charge in [-0.3, -0.25) is 0 Å². The van der Waals surface area contributed by atoms with Crippen LogP contribution in [0, 0.1) is 7.14 Å². The first-order valence-electron chi connectivity index (χ1n) is 26.4. The Labute approximate surface area is 477 Å². The highest BCUT2D eigenvalue weighted by molar-refractivity contribution is 14.1. The first-order chi connectivity index (χ1) is 37.5. The van der Waals surface area contributed by atoms with Gasteiger partial charge in [0.1, 0.15) is 0 Å². The predicted octanol–water partition coefficient (Wildman–Crippen LogP) is 20.3. The SMILES string of the molecule is CC1(C)OB(c2ccc3c4ccccc4c4ccccc4c3c2)OC1(C)C.Ic1cccc(I)c1.c1cc(-c2ccc3c4ccccc4c4ccccc4c3c2)cc(-c2ccc3c4ccccc4c4ccccc4c3c2)c1. The Morgan fingerprint density at radius 1 is 0.247 bits per heavy atom. The van der Waals surface area contributed by atoms with E-state index in [4.69, 9.17) is 9.31 Å². The van der Waals surface area contributed by atoms with E-state index in [0.717, 1.165) is 5.46 Å². The van der Waals surface area contributed by atoms with Crippen LogP contribution in [-0.4, -0.2) is 18.3 Å². The van der Waals surface area contributed by atoms with Gasteiger partial charge in [-0.15, -0.1) is 0 Å². The van der Waals surface area contributed by atoms with Crippen molar-refractivity contribution in [3.63, 3.8) is 0 Å². The summed E-state index contributed by atoms with van der Waals surface area (Å²) >= 11 is 4.60. The average molecular weight is 1210 g/mol. The van der Waals surface area contributed by atoms with Crippen LogP contribution in [0.3, 0.4) is 0 Å². The summed E-state index contributed by atoms with van der Waals surface area (Å²) in [5.41, 5.74) is 5.34. The molecule has 1 aliphatic rings. The van der Waals surface area contributed by atoms with Gasteiger partial charge in [-0.2, -0.15) is 0 Å². The summed E-state index contributed by atoms with van der Waals surface area (Å²) in [5, 5.41) is 23.3. The smallest absolute Gasteiger partial charge is 0.399 e. The van der Waals surface area contributed by atoms with Crippen LogP contribution in [0.5, 0.6) is 0 Å². The molecule has 0 unspecified atom stereocenters. The number of fused-ring (bicyclic) bond motifs is 18. The van der Waals surface area contributed by atoms with Crippen molar-refractivity contribution in [1.82, 2.24) is 0 Å². The van der Waals surface area contributed by atoms with Gasteiger partial charge < -0.3 is 9.31 Å². The Bertz CT molecular complexity index is 4330. The van der Waals surface area contributed by atoms with Crippen molar-refractivity contribution in [2.75, 3.05) is 0 Å². The second kappa shape index (κ2) is 20.0.